The lowest BCUT2D eigenvalue weighted by Gasteiger charge is -2.09. The fourth-order valence-electron chi connectivity index (χ4n) is 2.24. The Morgan fingerprint density at radius 2 is 1.83 bits per heavy atom. The fourth-order valence-corrected chi connectivity index (χ4v) is 2.80. The molecule has 0 aliphatic carbocycles. The van der Waals surface area contributed by atoms with E-state index in [9.17, 15) is 13.2 Å². The Balaban J connectivity index is 1.96. The van der Waals surface area contributed by atoms with Crippen molar-refractivity contribution in [2.75, 3.05) is 17.5 Å². The van der Waals surface area contributed by atoms with Crippen LogP contribution >= 0.6 is 0 Å². The molecule has 0 atom stereocenters. The standard InChI is InChI=1S/C17H20N2O3S/c1-13-6-3-4-7-14(13)10-11-18-17(20)15-8-5-9-16(12-15)19-23(2,21)22/h3-9,12,19H,10-11H2,1-2H3,(H,18,20). The molecule has 0 saturated carbocycles. The van der Waals surface area contributed by atoms with Gasteiger partial charge in [0, 0.05) is 17.8 Å². The Morgan fingerprint density at radius 1 is 1.09 bits per heavy atom. The van der Waals surface area contributed by atoms with Crippen molar-refractivity contribution in [1.82, 2.24) is 5.32 Å². The molecular formula is C17H20N2O3S. The minimum absolute atomic E-state index is 0.226. The number of benzene rings is 2. The summed E-state index contributed by atoms with van der Waals surface area (Å²) < 4.78 is 24.8. The van der Waals surface area contributed by atoms with Gasteiger partial charge < -0.3 is 5.32 Å². The third-order valence-corrected chi connectivity index (χ3v) is 3.98. The van der Waals surface area contributed by atoms with E-state index in [2.05, 4.69) is 10.0 Å². The van der Waals surface area contributed by atoms with Crippen molar-refractivity contribution in [3.8, 4) is 0 Å². The molecule has 0 radical (unpaired) electrons. The maximum Gasteiger partial charge on any atom is 0.251 e. The first kappa shape index (κ1) is 17.0. The van der Waals surface area contributed by atoms with Gasteiger partial charge in [0.15, 0.2) is 0 Å². The number of hydrogen-bond donors (Lipinski definition) is 2. The van der Waals surface area contributed by atoms with E-state index >= 15 is 0 Å². The molecule has 0 saturated heterocycles. The maximum atomic E-state index is 12.1. The molecule has 122 valence electrons. The summed E-state index contributed by atoms with van der Waals surface area (Å²) in [6.45, 7) is 2.56. The second kappa shape index (κ2) is 7.28. The Hall–Kier alpha value is -2.34. The molecule has 0 bridgehead atoms. The second-order valence-electron chi connectivity index (χ2n) is 5.39. The first-order valence-corrected chi connectivity index (χ1v) is 9.15. The van der Waals surface area contributed by atoms with Crippen LogP contribution in [0.1, 0.15) is 21.5 Å². The van der Waals surface area contributed by atoms with Crippen molar-refractivity contribution in [1.29, 1.82) is 0 Å². The van der Waals surface area contributed by atoms with Gasteiger partial charge in [0.25, 0.3) is 5.91 Å². The maximum absolute atomic E-state index is 12.1. The molecule has 2 N–H and O–H groups in total. The molecule has 2 aromatic rings. The largest absolute Gasteiger partial charge is 0.352 e. The number of nitrogens with one attached hydrogen (secondary N) is 2. The van der Waals surface area contributed by atoms with Crippen LogP contribution in [0.25, 0.3) is 0 Å². The van der Waals surface area contributed by atoms with Crippen LogP contribution < -0.4 is 10.0 Å². The summed E-state index contributed by atoms with van der Waals surface area (Å²) in [4.78, 5) is 12.1. The Bertz CT molecular complexity index is 801. The number of sulfonamides is 1. The van der Waals surface area contributed by atoms with Gasteiger partial charge in [-0.05, 0) is 42.7 Å². The Kier molecular flexibility index (Phi) is 5.39. The van der Waals surface area contributed by atoms with Crippen molar-refractivity contribution in [2.24, 2.45) is 0 Å². The minimum atomic E-state index is -3.36. The van der Waals surface area contributed by atoms with Crippen molar-refractivity contribution < 1.29 is 13.2 Å². The normalized spacial score (nSPS) is 11.0. The van der Waals surface area contributed by atoms with Crippen molar-refractivity contribution >= 4 is 21.6 Å². The van der Waals surface area contributed by atoms with Crippen molar-refractivity contribution in [3.05, 3.63) is 65.2 Å². The lowest BCUT2D eigenvalue weighted by atomic mass is 10.1. The van der Waals surface area contributed by atoms with Crippen molar-refractivity contribution in [2.45, 2.75) is 13.3 Å². The van der Waals surface area contributed by atoms with Gasteiger partial charge in [0.2, 0.25) is 10.0 Å². The number of carbonyl (C=O) groups excluding carboxylic acids is 1. The summed E-state index contributed by atoms with van der Waals surface area (Å²) in [6, 6.07) is 14.5. The number of hydrogen-bond acceptors (Lipinski definition) is 3. The van der Waals surface area contributed by atoms with Gasteiger partial charge in [0.05, 0.1) is 6.26 Å². The first-order chi connectivity index (χ1) is 10.8. The number of anilines is 1. The molecule has 0 aliphatic heterocycles. The van der Waals surface area contributed by atoms with Crippen LogP contribution in [0.15, 0.2) is 48.5 Å². The molecule has 1 amide bonds. The summed E-state index contributed by atoms with van der Waals surface area (Å²) in [6.07, 6.45) is 1.82. The molecule has 0 aliphatic rings. The van der Waals surface area contributed by atoms with Crippen LogP contribution in [-0.4, -0.2) is 27.1 Å². The summed E-state index contributed by atoms with van der Waals surface area (Å²) in [7, 11) is -3.36. The zero-order valence-corrected chi connectivity index (χ0v) is 14.0. The highest BCUT2D eigenvalue weighted by atomic mass is 32.2. The topological polar surface area (TPSA) is 75.3 Å². The van der Waals surface area contributed by atoms with E-state index in [0.29, 0.717) is 17.8 Å². The first-order valence-electron chi connectivity index (χ1n) is 7.26. The highest BCUT2D eigenvalue weighted by molar-refractivity contribution is 7.92. The molecule has 0 aromatic heterocycles. The average Bonchev–Trinajstić information content (AvgIpc) is 2.47. The van der Waals surface area contributed by atoms with Crippen LogP contribution in [0.3, 0.4) is 0 Å². The number of carbonyl (C=O) groups is 1. The molecule has 23 heavy (non-hydrogen) atoms. The molecule has 5 nitrogen and oxygen atoms in total. The third-order valence-electron chi connectivity index (χ3n) is 3.37. The molecule has 2 rings (SSSR count). The van der Waals surface area contributed by atoms with E-state index in [1.54, 1.807) is 18.2 Å². The quantitative estimate of drug-likeness (QED) is 0.852. The predicted octanol–water partition coefficient (Wildman–Crippen LogP) is 2.34. The minimum Gasteiger partial charge on any atom is -0.352 e. The molecule has 6 heteroatoms. The summed E-state index contributed by atoms with van der Waals surface area (Å²) in [5.41, 5.74) is 3.18. The number of aryl methyl sites for hydroxylation is 1. The van der Waals surface area contributed by atoms with E-state index in [-0.39, 0.29) is 5.91 Å². The van der Waals surface area contributed by atoms with Gasteiger partial charge in [-0.25, -0.2) is 8.42 Å². The third kappa shape index (κ3) is 5.41. The number of rotatable bonds is 6. The molecule has 0 spiro atoms. The van der Waals surface area contributed by atoms with Gasteiger partial charge in [-0.1, -0.05) is 30.3 Å². The summed E-state index contributed by atoms with van der Waals surface area (Å²) >= 11 is 0. The molecule has 0 heterocycles. The average molecular weight is 332 g/mol. The molecule has 2 aromatic carbocycles. The van der Waals surface area contributed by atoms with E-state index in [1.807, 2.05) is 31.2 Å². The highest BCUT2D eigenvalue weighted by Crippen LogP contribution is 2.12. The van der Waals surface area contributed by atoms with Gasteiger partial charge in [0.1, 0.15) is 0 Å². The van der Waals surface area contributed by atoms with E-state index in [1.165, 1.54) is 17.2 Å². The van der Waals surface area contributed by atoms with Crippen LogP contribution in [0, 0.1) is 6.92 Å². The van der Waals surface area contributed by atoms with Crippen LogP contribution in [0.5, 0.6) is 0 Å². The van der Waals surface area contributed by atoms with E-state index < -0.39 is 10.0 Å². The smallest absolute Gasteiger partial charge is 0.251 e. The van der Waals surface area contributed by atoms with Gasteiger partial charge >= 0.3 is 0 Å². The number of amides is 1. The molecule has 0 unspecified atom stereocenters. The molecule has 0 fully saturated rings. The van der Waals surface area contributed by atoms with E-state index in [4.69, 9.17) is 0 Å². The Morgan fingerprint density at radius 3 is 2.52 bits per heavy atom. The van der Waals surface area contributed by atoms with E-state index in [0.717, 1.165) is 12.7 Å². The lowest BCUT2D eigenvalue weighted by Crippen LogP contribution is -2.26. The highest BCUT2D eigenvalue weighted by Gasteiger charge is 2.08. The predicted molar refractivity (Wildman–Crippen MR) is 92.1 cm³/mol. The fraction of sp³-hybridized carbons (Fsp3) is 0.235. The second-order valence-corrected chi connectivity index (χ2v) is 7.14. The zero-order chi connectivity index (χ0) is 16.9. The monoisotopic (exact) mass is 332 g/mol. The van der Waals surface area contributed by atoms with Gasteiger partial charge in [-0.15, -0.1) is 0 Å². The van der Waals surface area contributed by atoms with Gasteiger partial charge in [-0.3, -0.25) is 9.52 Å². The van der Waals surface area contributed by atoms with Crippen molar-refractivity contribution in [3.63, 3.8) is 0 Å². The van der Waals surface area contributed by atoms with Crippen LogP contribution in [0.4, 0.5) is 5.69 Å². The van der Waals surface area contributed by atoms with Gasteiger partial charge in [-0.2, -0.15) is 0 Å². The molecular weight excluding hydrogens is 312 g/mol. The lowest BCUT2D eigenvalue weighted by molar-refractivity contribution is 0.0954. The van der Waals surface area contributed by atoms with Crippen LogP contribution in [0.2, 0.25) is 0 Å². The zero-order valence-electron chi connectivity index (χ0n) is 13.2. The SMILES string of the molecule is Cc1ccccc1CCNC(=O)c1cccc(NS(C)(=O)=O)c1. The Labute approximate surface area is 136 Å². The summed E-state index contributed by atoms with van der Waals surface area (Å²) in [5.74, 6) is -0.226. The van der Waals surface area contributed by atoms with Crippen LogP contribution in [-0.2, 0) is 16.4 Å². The summed E-state index contributed by atoms with van der Waals surface area (Å²) in [5, 5.41) is 2.85.